The van der Waals surface area contributed by atoms with Gasteiger partial charge in [-0.15, -0.1) is 0 Å². The third kappa shape index (κ3) is 10.9. The lowest BCUT2D eigenvalue weighted by Gasteiger charge is -2.38. The first-order valence-electron chi connectivity index (χ1n) is 26.4. The fourth-order valence-electron chi connectivity index (χ4n) is 12.0. The molecule has 0 bridgehead atoms. The molecule has 0 unspecified atom stereocenters. The highest BCUT2D eigenvalue weighted by molar-refractivity contribution is 7.38. The molecule has 0 radical (unpaired) electrons. The van der Waals surface area contributed by atoms with E-state index in [-0.39, 0.29) is 43.3 Å². The molecule has 72 heavy (non-hydrogen) atoms. The molecule has 0 heterocycles. The number of rotatable bonds is 4. The molecule has 0 aromatic heterocycles. The van der Waals surface area contributed by atoms with Crippen molar-refractivity contribution in [1.82, 2.24) is 0 Å². The predicted molar refractivity (Wildman–Crippen MR) is 313 cm³/mol. The Morgan fingerprint density at radius 1 is 0.250 bits per heavy atom. The van der Waals surface area contributed by atoms with Crippen molar-refractivity contribution in [3.05, 3.63) is 162 Å². The molecule has 386 valence electrons. The zero-order chi connectivity index (χ0) is 54.4. The van der Waals surface area contributed by atoms with Gasteiger partial charge in [-0.05, 0) is 153 Å². The topological polar surface area (TPSA) is 60.7 Å². The first-order valence-corrected chi connectivity index (χ1v) is 27.6. The summed E-state index contributed by atoms with van der Waals surface area (Å²) in [6, 6.07) is 38.5. The van der Waals surface area contributed by atoms with E-state index in [2.05, 4.69) is 263 Å². The minimum absolute atomic E-state index is 0.0786. The molecule has 6 aromatic carbocycles. The molecule has 0 atom stereocenters. The van der Waals surface area contributed by atoms with Crippen molar-refractivity contribution in [2.75, 3.05) is 0 Å². The molecular weight excluding hydrogens is 896 g/mol. The van der Waals surface area contributed by atoms with Crippen molar-refractivity contribution in [2.24, 2.45) is 0 Å². The molecule has 1 aliphatic rings. The van der Waals surface area contributed by atoms with Gasteiger partial charge in [0.1, 0.15) is 0 Å². The van der Waals surface area contributed by atoms with Gasteiger partial charge in [0.2, 0.25) is 0 Å². The number of hydrogen-bond acceptors (Lipinski definition) is 3. The van der Waals surface area contributed by atoms with Crippen molar-refractivity contribution in [1.29, 1.82) is 0 Å². The van der Waals surface area contributed by atoms with Crippen molar-refractivity contribution >= 4 is 8.60 Å². The van der Waals surface area contributed by atoms with Crippen LogP contribution in [0.4, 0.5) is 0 Å². The standard InChI is InChI=1S/C68H88.H3O3P/c1-61(2,3)47-37-27-33-43(57(47)65(13,14)15)53-51-41-31-25-26-32-42(41)52(51)54(44-34-28-38-48(62(4,5)6)58(44)66(16,17)18)56(46-36-30-40-50(64(10,11)12)60(46)68(22,23)24)55(53)45-35-29-39-49(63(7,8)9)59(45)67(19,20)21;1-4(2)3/h25-40H,1-24H3;1-3H. The van der Waals surface area contributed by atoms with Crippen LogP contribution in [-0.4, -0.2) is 14.7 Å². The Balaban J connectivity index is 0.00000204. The van der Waals surface area contributed by atoms with Crippen LogP contribution < -0.4 is 0 Å². The normalized spacial score (nSPS) is 13.6. The monoisotopic (exact) mass is 987 g/mol. The van der Waals surface area contributed by atoms with E-state index in [0.29, 0.717) is 0 Å². The van der Waals surface area contributed by atoms with Gasteiger partial charge in [-0.1, -0.05) is 263 Å². The smallest absolute Gasteiger partial charge is 0.324 e. The Kier molecular flexibility index (Phi) is 15.1. The van der Waals surface area contributed by atoms with Gasteiger partial charge in [-0.3, -0.25) is 0 Å². The first-order chi connectivity index (χ1) is 32.6. The Labute approximate surface area is 437 Å². The third-order valence-electron chi connectivity index (χ3n) is 14.5. The number of benzene rings is 6. The Morgan fingerprint density at radius 2 is 0.444 bits per heavy atom. The predicted octanol–water partition coefficient (Wildman–Crippen LogP) is 18.8. The lowest BCUT2D eigenvalue weighted by Crippen LogP contribution is -2.25. The van der Waals surface area contributed by atoms with Crippen LogP contribution >= 0.6 is 8.60 Å². The van der Waals surface area contributed by atoms with E-state index in [0.717, 1.165) is 0 Å². The molecule has 0 amide bonds. The molecule has 6 aromatic rings. The maximum Gasteiger partial charge on any atom is 0.324 e. The van der Waals surface area contributed by atoms with Crippen LogP contribution in [0.5, 0.6) is 0 Å². The molecule has 0 fully saturated rings. The lowest BCUT2D eigenvalue weighted by molar-refractivity contribution is 0.368. The average molecular weight is 987 g/mol. The highest BCUT2D eigenvalue weighted by Crippen LogP contribution is 2.57. The van der Waals surface area contributed by atoms with Gasteiger partial charge in [0.15, 0.2) is 0 Å². The van der Waals surface area contributed by atoms with Crippen molar-refractivity contribution < 1.29 is 14.7 Å². The van der Waals surface area contributed by atoms with Gasteiger partial charge < -0.3 is 14.7 Å². The van der Waals surface area contributed by atoms with Crippen LogP contribution in [-0.2, 0) is 43.3 Å². The van der Waals surface area contributed by atoms with E-state index in [1.807, 2.05) is 0 Å². The van der Waals surface area contributed by atoms with Gasteiger partial charge in [-0.25, -0.2) is 0 Å². The van der Waals surface area contributed by atoms with E-state index >= 15 is 0 Å². The quantitative estimate of drug-likeness (QED) is 0.154. The number of hydrogen-bond donors (Lipinski definition) is 3. The van der Waals surface area contributed by atoms with Crippen LogP contribution in [0, 0.1) is 20.9 Å². The maximum absolute atomic E-state index is 7.23. The molecule has 4 heteroatoms. The van der Waals surface area contributed by atoms with E-state index in [1.165, 1.54) is 110 Å². The fourth-order valence-corrected chi connectivity index (χ4v) is 12.0. The van der Waals surface area contributed by atoms with Crippen LogP contribution in [0.2, 0.25) is 0 Å². The number of fused-ring (bicyclic) bond motifs is 2. The van der Waals surface area contributed by atoms with Crippen molar-refractivity contribution in [3.63, 3.8) is 0 Å². The summed E-state index contributed by atoms with van der Waals surface area (Å²) in [7, 11) is -2.62. The molecular formula is C68H91O3P. The molecule has 1 aliphatic carbocycles. The molecule has 0 saturated carbocycles. The summed E-state index contributed by atoms with van der Waals surface area (Å²) in [5.41, 5.74) is 21.2. The van der Waals surface area contributed by atoms with E-state index in [1.54, 1.807) is 0 Å². The van der Waals surface area contributed by atoms with Crippen molar-refractivity contribution in [3.8, 4) is 44.5 Å². The van der Waals surface area contributed by atoms with Gasteiger partial charge in [0.05, 0.1) is 0 Å². The summed E-state index contributed by atoms with van der Waals surface area (Å²) < 4.78 is 0. The zero-order valence-electron chi connectivity index (χ0n) is 49.0. The molecule has 3 nitrogen and oxygen atoms in total. The minimum Gasteiger partial charge on any atom is -0.328 e. The SMILES string of the molecule is CC(C)(C)c1cccc(-c2c(-c3cccc(C(C)(C)C)c3C(C)(C)C)c(-c3cccc(C(C)(C)C)c3C(C)(C)C)c3c(c2-c2cccc(C(C)(C)C)c2C(C)(C)C)=c2ccccc2=3)c1C(C)(C)C.OP(O)O. The third-order valence-corrected chi connectivity index (χ3v) is 14.5. The van der Waals surface area contributed by atoms with Gasteiger partial charge in [-0.2, -0.15) is 0 Å². The summed E-state index contributed by atoms with van der Waals surface area (Å²) >= 11 is 0. The van der Waals surface area contributed by atoms with Crippen LogP contribution in [0.3, 0.4) is 0 Å². The summed E-state index contributed by atoms with van der Waals surface area (Å²) in [4.78, 5) is 21.7. The first kappa shape index (κ1) is 56.9. The lowest BCUT2D eigenvalue weighted by atomic mass is 9.65. The van der Waals surface area contributed by atoms with E-state index < -0.39 is 8.60 Å². The highest BCUT2D eigenvalue weighted by Gasteiger charge is 2.39. The van der Waals surface area contributed by atoms with E-state index in [9.17, 15) is 0 Å². The molecule has 0 spiro atoms. The van der Waals surface area contributed by atoms with Crippen LogP contribution in [0.1, 0.15) is 211 Å². The van der Waals surface area contributed by atoms with E-state index in [4.69, 9.17) is 14.7 Å². The van der Waals surface area contributed by atoms with Gasteiger partial charge >= 0.3 is 8.60 Å². The zero-order valence-corrected chi connectivity index (χ0v) is 49.9. The van der Waals surface area contributed by atoms with Crippen LogP contribution in [0.25, 0.3) is 44.5 Å². The largest absolute Gasteiger partial charge is 0.328 e. The molecule has 0 saturated heterocycles. The summed E-state index contributed by atoms with van der Waals surface area (Å²) in [5.74, 6) is 0. The van der Waals surface area contributed by atoms with Gasteiger partial charge in [0, 0.05) is 0 Å². The van der Waals surface area contributed by atoms with Crippen molar-refractivity contribution in [2.45, 2.75) is 209 Å². The average Bonchev–Trinajstić information content (AvgIpc) is 3.20. The molecule has 0 aliphatic heterocycles. The second kappa shape index (κ2) is 19.1. The Morgan fingerprint density at radius 3 is 0.625 bits per heavy atom. The Hall–Kier alpha value is -4.37. The summed E-state index contributed by atoms with van der Waals surface area (Å²) in [6.45, 7) is 58.2. The molecule has 7 rings (SSSR count). The fraction of sp³-hybridized carbons (Fsp3) is 0.471. The second-order valence-electron chi connectivity index (χ2n) is 29.0. The summed E-state index contributed by atoms with van der Waals surface area (Å²) in [6.07, 6.45) is 0. The maximum atomic E-state index is 7.23. The highest BCUT2D eigenvalue weighted by atomic mass is 31.2. The Bertz CT molecular complexity index is 3000. The summed E-state index contributed by atoms with van der Waals surface area (Å²) in [5, 5.41) is 5.47. The molecule has 3 N–H and O–H groups in total. The van der Waals surface area contributed by atoms with Crippen LogP contribution in [0.15, 0.2) is 97.1 Å². The second-order valence-corrected chi connectivity index (χ2v) is 29.5. The minimum atomic E-state index is -2.62. The van der Waals surface area contributed by atoms with Gasteiger partial charge in [0.25, 0.3) is 0 Å².